The Morgan fingerprint density at radius 1 is 0.575 bits per heavy atom. The fraction of sp³-hybridized carbons (Fsp3) is 0.967. The van der Waals surface area contributed by atoms with E-state index < -0.39 is 60.6 Å². The molecule has 0 saturated heterocycles. The predicted molar refractivity (Wildman–Crippen MR) is 184 cm³/mol. The largest absolute Gasteiger partial charge is 0.394 e. The van der Waals surface area contributed by atoms with Crippen LogP contribution in [0, 0.1) is 0 Å². The minimum Gasteiger partial charge on any atom is -0.394 e. The molecule has 0 fully saturated rings. The molecule has 0 spiro atoms. The van der Waals surface area contributed by atoms with E-state index in [4.69, 9.17) is 5.73 Å². The van der Waals surface area contributed by atoms with Gasteiger partial charge in [0.15, 0.2) is 0 Å². The van der Waals surface area contributed by atoms with E-state index in [2.05, 4.69) is 83.1 Å². The maximum Gasteiger partial charge on any atom is 0.134 e. The van der Waals surface area contributed by atoms with Crippen LogP contribution in [0.1, 0.15) is 83.1 Å². The van der Waals surface area contributed by atoms with Gasteiger partial charge in [-0.1, -0.05) is 156 Å². The van der Waals surface area contributed by atoms with Gasteiger partial charge in [-0.2, -0.15) is 0 Å². The van der Waals surface area contributed by atoms with E-state index in [0.29, 0.717) is 36.3 Å². The van der Waals surface area contributed by atoms with Crippen LogP contribution in [-0.4, -0.2) is 86.4 Å². The lowest BCUT2D eigenvalue weighted by atomic mass is 9.99. The number of carbonyl (C=O) groups is 1. The number of hydrogen-bond donors (Lipinski definition) is 5. The van der Waals surface area contributed by atoms with Crippen molar-refractivity contribution < 1.29 is 25.2 Å². The molecule has 0 aliphatic heterocycles. The summed E-state index contributed by atoms with van der Waals surface area (Å²) >= 11 is 0. The van der Waals surface area contributed by atoms with Crippen LogP contribution in [0.5, 0.6) is 0 Å². The van der Waals surface area contributed by atoms with Gasteiger partial charge in [0.1, 0.15) is 30.0 Å². The highest BCUT2D eigenvalue weighted by atomic mass is 28.3. The SMILES string of the molecule is CC[Si](CC)(CC)C(=O)[C@H](N)[C@@](O)([C@](O)([C@H](O)C(O)[Si](CC)(CC)CC)[Si](CC)(CC)CC)[Si](CC)(CC)CC. The molecular formula is C30H69NO5Si4. The van der Waals surface area contributed by atoms with E-state index in [-0.39, 0.29) is 5.41 Å². The van der Waals surface area contributed by atoms with Gasteiger partial charge in [0.2, 0.25) is 0 Å². The van der Waals surface area contributed by atoms with Gasteiger partial charge in [-0.05, 0) is 0 Å². The number of hydrogen-bond acceptors (Lipinski definition) is 6. The first-order chi connectivity index (χ1) is 18.6. The van der Waals surface area contributed by atoms with Crippen LogP contribution < -0.4 is 5.73 Å². The molecule has 240 valence electrons. The van der Waals surface area contributed by atoms with Crippen molar-refractivity contribution in [1.29, 1.82) is 0 Å². The van der Waals surface area contributed by atoms with Gasteiger partial charge >= 0.3 is 0 Å². The highest BCUT2D eigenvalue weighted by Gasteiger charge is 2.75. The van der Waals surface area contributed by atoms with E-state index >= 15 is 0 Å². The molecule has 0 heterocycles. The molecule has 5 atom stereocenters. The third-order valence-corrected chi connectivity index (χ3v) is 37.2. The Balaban J connectivity index is 8.27. The number of aliphatic hydroxyl groups excluding tert-OH is 2. The Bertz CT molecular complexity index is 738. The van der Waals surface area contributed by atoms with E-state index in [1.54, 1.807) is 0 Å². The van der Waals surface area contributed by atoms with Crippen molar-refractivity contribution >= 4 is 37.7 Å². The van der Waals surface area contributed by atoms with Crippen molar-refractivity contribution in [3.63, 3.8) is 0 Å². The molecule has 10 heteroatoms. The van der Waals surface area contributed by atoms with Gasteiger partial charge in [-0.3, -0.25) is 0 Å². The van der Waals surface area contributed by atoms with Gasteiger partial charge in [0.05, 0.1) is 36.0 Å². The van der Waals surface area contributed by atoms with Crippen LogP contribution in [0.15, 0.2) is 0 Å². The van der Waals surface area contributed by atoms with Gasteiger partial charge in [0.25, 0.3) is 0 Å². The van der Waals surface area contributed by atoms with Crippen LogP contribution >= 0.6 is 0 Å². The summed E-state index contributed by atoms with van der Waals surface area (Å²) < 4.78 is 0. The van der Waals surface area contributed by atoms with E-state index in [1.165, 1.54) is 0 Å². The molecule has 0 aliphatic carbocycles. The quantitative estimate of drug-likeness (QED) is 0.0949. The zero-order valence-corrected chi connectivity index (χ0v) is 32.5. The second kappa shape index (κ2) is 15.9. The molecule has 0 aromatic rings. The average molecular weight is 636 g/mol. The molecule has 40 heavy (non-hydrogen) atoms. The molecule has 0 aliphatic rings. The Morgan fingerprint density at radius 3 is 1.12 bits per heavy atom. The van der Waals surface area contributed by atoms with Crippen LogP contribution in [0.2, 0.25) is 72.5 Å². The zero-order chi connectivity index (χ0) is 31.8. The average Bonchev–Trinajstić information content (AvgIpc) is 3.00. The maximum atomic E-state index is 14.7. The lowest BCUT2D eigenvalue weighted by Crippen LogP contribution is -2.89. The Hall–Kier alpha value is 0.338. The molecule has 0 aromatic heterocycles. The molecule has 0 radical (unpaired) electrons. The van der Waals surface area contributed by atoms with E-state index in [9.17, 15) is 25.2 Å². The van der Waals surface area contributed by atoms with Gasteiger partial charge in [0, 0.05) is 0 Å². The van der Waals surface area contributed by atoms with Crippen molar-refractivity contribution in [3.8, 4) is 0 Å². The van der Waals surface area contributed by atoms with E-state index in [1.807, 2.05) is 0 Å². The number of aliphatic hydroxyl groups is 4. The molecule has 0 amide bonds. The zero-order valence-electron chi connectivity index (χ0n) is 28.5. The van der Waals surface area contributed by atoms with Crippen LogP contribution in [0.25, 0.3) is 0 Å². The highest BCUT2D eigenvalue weighted by Crippen LogP contribution is 2.52. The standard InChI is InChI=1S/C30H69NO5Si4/c1-13-37(14-2,15-3)27(33)25(31)29(35,39(19-7,20-8)21-9)30(36,40(22-10,23-11)24-12)26(32)28(34)38(16-4,17-5)18-6/h25-26,28,32,34-36H,13-24,31H2,1-12H3/t25-,26+,28?,29-,30-/m0/s1. The fourth-order valence-electron chi connectivity index (χ4n) is 8.76. The summed E-state index contributed by atoms with van der Waals surface area (Å²) in [6.45, 7) is 24.7. The lowest BCUT2D eigenvalue weighted by Gasteiger charge is -2.64. The Kier molecular flexibility index (Phi) is 16.0. The summed E-state index contributed by atoms with van der Waals surface area (Å²) in [4.78, 5) is 14.7. The van der Waals surface area contributed by atoms with Crippen LogP contribution in [-0.2, 0) is 4.79 Å². The molecule has 6 nitrogen and oxygen atoms in total. The van der Waals surface area contributed by atoms with Crippen molar-refractivity contribution in [2.45, 2.75) is 184 Å². The van der Waals surface area contributed by atoms with Crippen molar-refractivity contribution in [2.75, 3.05) is 0 Å². The normalized spacial score (nSPS) is 19.0. The summed E-state index contributed by atoms with van der Waals surface area (Å²) in [6.07, 6.45) is -1.55. The molecule has 6 N–H and O–H groups in total. The Labute approximate surface area is 252 Å². The molecule has 1 unspecified atom stereocenters. The van der Waals surface area contributed by atoms with Gasteiger partial charge in [-0.25, -0.2) is 0 Å². The summed E-state index contributed by atoms with van der Waals surface area (Å²) in [6, 6.07) is 7.04. The summed E-state index contributed by atoms with van der Waals surface area (Å²) in [5, 5.41) is 47.9. The minimum atomic E-state index is -2.97. The number of rotatable bonds is 21. The fourth-order valence-corrected chi connectivity index (χ4v) is 27.5. The minimum absolute atomic E-state index is 0.0639. The lowest BCUT2D eigenvalue weighted by molar-refractivity contribution is -0.159. The second-order valence-electron chi connectivity index (χ2n) is 12.7. The monoisotopic (exact) mass is 635 g/mol. The topological polar surface area (TPSA) is 124 Å². The highest BCUT2D eigenvalue weighted by molar-refractivity contribution is 7.07. The summed E-state index contributed by atoms with van der Waals surface area (Å²) in [5.41, 5.74) is 6.04. The van der Waals surface area contributed by atoms with Crippen molar-refractivity contribution in [3.05, 3.63) is 0 Å². The molecule has 0 aromatic carbocycles. The van der Waals surface area contributed by atoms with Crippen molar-refractivity contribution in [1.82, 2.24) is 0 Å². The van der Waals surface area contributed by atoms with E-state index in [0.717, 1.165) is 36.3 Å². The first-order valence-corrected chi connectivity index (χ1v) is 27.3. The summed E-state index contributed by atoms with van der Waals surface area (Å²) in [5.74, 6) is 0. The Morgan fingerprint density at radius 2 is 0.875 bits per heavy atom. The number of nitrogens with two attached hydrogens (primary N) is 1. The molecular weight excluding hydrogens is 567 g/mol. The molecule has 0 saturated carbocycles. The predicted octanol–water partition coefficient (Wildman–Crippen LogP) is 6.26. The third kappa shape index (κ3) is 5.88. The van der Waals surface area contributed by atoms with Crippen LogP contribution in [0.3, 0.4) is 0 Å². The first kappa shape index (κ1) is 40.3. The smallest absolute Gasteiger partial charge is 0.134 e. The first-order valence-electron chi connectivity index (χ1n) is 16.7. The molecule has 0 rings (SSSR count). The number of carbonyl (C=O) groups excluding carboxylic acids is 1. The third-order valence-electron chi connectivity index (χ3n) is 13.0. The van der Waals surface area contributed by atoms with Gasteiger partial charge < -0.3 is 31.0 Å². The van der Waals surface area contributed by atoms with Crippen molar-refractivity contribution in [2.24, 2.45) is 5.73 Å². The maximum absolute atomic E-state index is 14.7. The molecule has 0 bridgehead atoms. The summed E-state index contributed by atoms with van der Waals surface area (Å²) in [7, 11) is -10.9. The second-order valence-corrected chi connectivity index (χ2v) is 34.2. The van der Waals surface area contributed by atoms with Gasteiger partial charge in [-0.15, -0.1) is 0 Å². The van der Waals surface area contributed by atoms with Crippen LogP contribution in [0.4, 0.5) is 0 Å².